The predicted octanol–water partition coefficient (Wildman–Crippen LogP) is 4.16. The third-order valence-corrected chi connectivity index (χ3v) is 5.44. The standard InChI is InChI=1S/C26H27N3O4/c1-29-15-13-22(14-16-29)33-21-11-9-20(10-12-21)27-26(31)24(18-23-8-5-17-32-23)28-25(30)19-6-3-2-4-7-19/h2-12,17-18,22H,13-16H2,1H3,(H,27,31)(H,28,30)/b24-18-. The van der Waals surface area contributed by atoms with E-state index in [-0.39, 0.29) is 17.7 Å². The van der Waals surface area contributed by atoms with Crippen molar-refractivity contribution in [3.8, 4) is 5.75 Å². The van der Waals surface area contributed by atoms with Gasteiger partial charge >= 0.3 is 0 Å². The Morgan fingerprint density at radius 2 is 1.73 bits per heavy atom. The first kappa shape index (κ1) is 22.4. The van der Waals surface area contributed by atoms with Crippen molar-refractivity contribution in [2.75, 3.05) is 25.5 Å². The highest BCUT2D eigenvalue weighted by atomic mass is 16.5. The fourth-order valence-electron chi connectivity index (χ4n) is 3.57. The molecule has 0 aliphatic carbocycles. The molecule has 2 aromatic carbocycles. The van der Waals surface area contributed by atoms with Crippen molar-refractivity contribution in [3.05, 3.63) is 90.0 Å². The van der Waals surface area contributed by atoms with Crippen LogP contribution < -0.4 is 15.4 Å². The number of hydrogen-bond acceptors (Lipinski definition) is 5. The largest absolute Gasteiger partial charge is 0.490 e. The molecule has 33 heavy (non-hydrogen) atoms. The predicted molar refractivity (Wildman–Crippen MR) is 127 cm³/mol. The van der Waals surface area contributed by atoms with Gasteiger partial charge in [-0.15, -0.1) is 0 Å². The Balaban J connectivity index is 1.42. The van der Waals surface area contributed by atoms with Crippen molar-refractivity contribution in [3.63, 3.8) is 0 Å². The molecule has 4 rings (SSSR count). The van der Waals surface area contributed by atoms with Gasteiger partial charge in [-0.05, 0) is 68.4 Å². The van der Waals surface area contributed by atoms with Crippen LogP contribution >= 0.6 is 0 Å². The molecule has 0 bridgehead atoms. The summed E-state index contributed by atoms with van der Waals surface area (Å²) in [5.41, 5.74) is 1.12. The van der Waals surface area contributed by atoms with E-state index in [0.717, 1.165) is 31.7 Å². The second-order valence-electron chi connectivity index (χ2n) is 7.99. The molecule has 2 amide bonds. The molecule has 1 aromatic heterocycles. The zero-order chi connectivity index (χ0) is 23.0. The smallest absolute Gasteiger partial charge is 0.272 e. The molecular formula is C26H27N3O4. The number of nitrogens with zero attached hydrogens (tertiary/aromatic N) is 1. The number of piperidine rings is 1. The summed E-state index contributed by atoms with van der Waals surface area (Å²) in [6.07, 6.45) is 5.20. The van der Waals surface area contributed by atoms with Gasteiger partial charge in [0.05, 0.1) is 6.26 Å². The van der Waals surface area contributed by atoms with Gasteiger partial charge in [0.25, 0.3) is 11.8 Å². The minimum absolute atomic E-state index is 0.0745. The number of rotatable bonds is 7. The molecule has 0 atom stereocenters. The fraction of sp³-hybridized carbons (Fsp3) is 0.231. The van der Waals surface area contributed by atoms with E-state index in [1.807, 2.05) is 18.2 Å². The molecule has 1 saturated heterocycles. The minimum atomic E-state index is -0.459. The lowest BCUT2D eigenvalue weighted by Crippen LogP contribution is -2.35. The van der Waals surface area contributed by atoms with Crippen LogP contribution in [-0.2, 0) is 4.79 Å². The van der Waals surface area contributed by atoms with Crippen molar-refractivity contribution >= 4 is 23.6 Å². The number of carbonyl (C=O) groups is 2. The van der Waals surface area contributed by atoms with Gasteiger partial charge in [0.15, 0.2) is 0 Å². The maximum Gasteiger partial charge on any atom is 0.272 e. The molecule has 2 heterocycles. The van der Waals surface area contributed by atoms with Crippen LogP contribution in [0.15, 0.2) is 83.1 Å². The molecule has 0 radical (unpaired) electrons. The van der Waals surface area contributed by atoms with E-state index in [2.05, 4.69) is 22.6 Å². The van der Waals surface area contributed by atoms with E-state index >= 15 is 0 Å². The number of hydrogen-bond donors (Lipinski definition) is 2. The minimum Gasteiger partial charge on any atom is -0.490 e. The molecule has 170 valence electrons. The lowest BCUT2D eigenvalue weighted by atomic mass is 10.1. The fourth-order valence-corrected chi connectivity index (χ4v) is 3.57. The number of ether oxygens (including phenoxy) is 1. The van der Waals surface area contributed by atoms with Crippen molar-refractivity contribution in [1.82, 2.24) is 10.2 Å². The van der Waals surface area contributed by atoms with E-state index in [1.54, 1.807) is 48.5 Å². The first-order chi connectivity index (χ1) is 16.1. The van der Waals surface area contributed by atoms with Crippen molar-refractivity contribution in [1.29, 1.82) is 0 Å². The van der Waals surface area contributed by atoms with Crippen molar-refractivity contribution in [2.45, 2.75) is 18.9 Å². The third kappa shape index (κ3) is 6.33. The summed E-state index contributed by atoms with van der Waals surface area (Å²) in [6.45, 7) is 2.05. The summed E-state index contributed by atoms with van der Waals surface area (Å²) < 4.78 is 11.4. The van der Waals surface area contributed by atoms with Crippen LogP contribution in [0.1, 0.15) is 29.0 Å². The van der Waals surface area contributed by atoms with Gasteiger partial charge < -0.3 is 24.7 Å². The number of furan rings is 1. The normalized spacial score (nSPS) is 15.1. The van der Waals surface area contributed by atoms with Crippen LogP contribution in [0.3, 0.4) is 0 Å². The lowest BCUT2D eigenvalue weighted by Gasteiger charge is -2.29. The van der Waals surface area contributed by atoms with Gasteiger partial charge in [-0.1, -0.05) is 18.2 Å². The van der Waals surface area contributed by atoms with Gasteiger partial charge in [-0.2, -0.15) is 0 Å². The Labute approximate surface area is 193 Å². The summed E-state index contributed by atoms with van der Waals surface area (Å²) in [7, 11) is 2.12. The molecule has 2 N–H and O–H groups in total. The Bertz CT molecular complexity index is 1080. The monoisotopic (exact) mass is 445 g/mol. The Kier molecular flexibility index (Phi) is 7.22. The van der Waals surface area contributed by atoms with Crippen molar-refractivity contribution in [2.24, 2.45) is 0 Å². The highest BCUT2D eigenvalue weighted by molar-refractivity contribution is 6.10. The van der Waals surface area contributed by atoms with E-state index in [9.17, 15) is 9.59 Å². The number of nitrogens with one attached hydrogen (secondary N) is 2. The molecule has 3 aromatic rings. The zero-order valence-corrected chi connectivity index (χ0v) is 18.5. The summed E-state index contributed by atoms with van der Waals surface area (Å²) >= 11 is 0. The summed E-state index contributed by atoms with van der Waals surface area (Å²) in [6, 6.07) is 19.4. The van der Waals surface area contributed by atoms with Gasteiger partial charge in [-0.3, -0.25) is 9.59 Å². The molecule has 7 nitrogen and oxygen atoms in total. The highest BCUT2D eigenvalue weighted by Gasteiger charge is 2.18. The average molecular weight is 446 g/mol. The molecule has 7 heteroatoms. The Morgan fingerprint density at radius 1 is 1.00 bits per heavy atom. The van der Waals surface area contributed by atoms with Crippen molar-refractivity contribution < 1.29 is 18.7 Å². The maximum absolute atomic E-state index is 13.0. The second kappa shape index (κ2) is 10.7. The summed E-state index contributed by atoms with van der Waals surface area (Å²) in [4.78, 5) is 27.9. The number of carbonyl (C=O) groups excluding carboxylic acids is 2. The lowest BCUT2D eigenvalue weighted by molar-refractivity contribution is -0.113. The Hall–Kier alpha value is -3.84. The number of benzene rings is 2. The number of amides is 2. The first-order valence-corrected chi connectivity index (χ1v) is 10.9. The topological polar surface area (TPSA) is 83.8 Å². The molecular weight excluding hydrogens is 418 g/mol. The summed E-state index contributed by atoms with van der Waals surface area (Å²) in [5.74, 6) is 0.381. The van der Waals surface area contributed by atoms with E-state index < -0.39 is 5.91 Å². The first-order valence-electron chi connectivity index (χ1n) is 10.9. The van der Waals surface area contributed by atoms with E-state index in [1.165, 1.54) is 12.3 Å². The van der Waals surface area contributed by atoms with Crippen LogP contribution in [0.4, 0.5) is 5.69 Å². The molecule has 1 fully saturated rings. The van der Waals surface area contributed by atoms with Gasteiger partial charge in [0, 0.05) is 30.4 Å². The van der Waals surface area contributed by atoms with Crippen LogP contribution in [-0.4, -0.2) is 43.0 Å². The third-order valence-electron chi connectivity index (χ3n) is 5.44. The molecule has 1 aliphatic heterocycles. The SMILES string of the molecule is CN1CCC(Oc2ccc(NC(=O)/C(=C/c3ccco3)NC(=O)c3ccccc3)cc2)CC1. The maximum atomic E-state index is 13.0. The molecule has 0 saturated carbocycles. The van der Waals surface area contributed by atoms with Gasteiger partial charge in [-0.25, -0.2) is 0 Å². The Morgan fingerprint density at radius 3 is 2.39 bits per heavy atom. The highest BCUT2D eigenvalue weighted by Crippen LogP contribution is 2.21. The van der Waals surface area contributed by atoms with Crippen LogP contribution in [0.2, 0.25) is 0 Å². The number of anilines is 1. The van der Waals surface area contributed by atoms with Crippen LogP contribution in [0.25, 0.3) is 6.08 Å². The number of likely N-dealkylation sites (tertiary alicyclic amines) is 1. The quantitative estimate of drug-likeness (QED) is 0.534. The molecule has 0 unspecified atom stereocenters. The van der Waals surface area contributed by atoms with E-state index in [4.69, 9.17) is 9.15 Å². The van der Waals surface area contributed by atoms with Crippen LogP contribution in [0, 0.1) is 0 Å². The average Bonchev–Trinajstić information content (AvgIpc) is 3.35. The van der Waals surface area contributed by atoms with Gasteiger partial charge in [0.1, 0.15) is 23.3 Å². The zero-order valence-electron chi connectivity index (χ0n) is 18.5. The second-order valence-corrected chi connectivity index (χ2v) is 7.99. The van der Waals surface area contributed by atoms with Crippen LogP contribution in [0.5, 0.6) is 5.75 Å². The molecule has 1 aliphatic rings. The summed E-state index contributed by atoms with van der Waals surface area (Å²) in [5, 5.41) is 5.50. The molecule has 0 spiro atoms. The van der Waals surface area contributed by atoms with E-state index in [0.29, 0.717) is 17.0 Å². The van der Waals surface area contributed by atoms with Gasteiger partial charge in [0.2, 0.25) is 0 Å².